The highest BCUT2D eigenvalue weighted by molar-refractivity contribution is 5.79. The van der Waals surface area contributed by atoms with Crippen molar-refractivity contribution in [2.45, 2.75) is 51.4 Å². The molecule has 0 N–H and O–H groups in total. The van der Waals surface area contributed by atoms with Gasteiger partial charge in [0.15, 0.2) is 0 Å². The summed E-state index contributed by atoms with van der Waals surface area (Å²) < 4.78 is 25.3. The van der Waals surface area contributed by atoms with Crippen molar-refractivity contribution in [3.8, 4) is 45.5 Å². The predicted octanol–water partition coefficient (Wildman–Crippen LogP) is 8.19. The molecule has 5 heteroatoms. The molecule has 2 aliphatic heterocycles. The van der Waals surface area contributed by atoms with Crippen LogP contribution < -0.4 is 18.9 Å². The molecular weight excluding hydrogens is 474 g/mol. The number of allylic oxidation sites excluding steroid dienone is 4. The lowest BCUT2D eigenvalue weighted by Crippen LogP contribution is -2.04. The van der Waals surface area contributed by atoms with Gasteiger partial charge in [0.05, 0.1) is 48.9 Å². The molecular formula is C33H37NO4. The highest BCUT2D eigenvalue weighted by atomic mass is 16.5. The fourth-order valence-electron chi connectivity index (χ4n) is 4.73. The smallest absolute Gasteiger partial charge is 0.132 e. The van der Waals surface area contributed by atoms with E-state index in [1.165, 1.54) is 0 Å². The summed E-state index contributed by atoms with van der Waals surface area (Å²) in [5.41, 5.74) is 3.38. The van der Waals surface area contributed by atoms with E-state index in [1.54, 1.807) is 0 Å². The third kappa shape index (κ3) is 6.77. The number of aromatic nitrogens is 1. The van der Waals surface area contributed by atoms with E-state index in [0.29, 0.717) is 26.4 Å². The van der Waals surface area contributed by atoms with Crippen molar-refractivity contribution in [1.82, 2.24) is 4.98 Å². The summed E-state index contributed by atoms with van der Waals surface area (Å²) in [6.45, 7) is 2.54. The van der Waals surface area contributed by atoms with Crippen molar-refractivity contribution in [2.75, 3.05) is 26.4 Å². The molecule has 198 valence electrons. The van der Waals surface area contributed by atoms with Crippen LogP contribution in [-0.4, -0.2) is 31.4 Å². The summed E-state index contributed by atoms with van der Waals surface area (Å²) in [7, 11) is 0. The first kappa shape index (κ1) is 25.9. The largest absolute Gasteiger partial charge is 0.493 e. The van der Waals surface area contributed by atoms with Gasteiger partial charge < -0.3 is 18.9 Å². The number of nitrogens with zero attached hydrogens (tertiary/aromatic N) is 1. The SMILES string of the molecule is C1=C\CCCOc2cccc3c2-c2cccc(n2)-c2c(cccc2OCCC/C=C\CCCO3)OCCC/1. The zero-order valence-electron chi connectivity index (χ0n) is 22.1. The van der Waals surface area contributed by atoms with Gasteiger partial charge in [-0.1, -0.05) is 42.5 Å². The lowest BCUT2D eigenvalue weighted by atomic mass is 10.0. The topological polar surface area (TPSA) is 49.8 Å². The van der Waals surface area contributed by atoms with Crippen molar-refractivity contribution >= 4 is 0 Å². The third-order valence-electron chi connectivity index (χ3n) is 6.66. The second-order valence-corrected chi connectivity index (χ2v) is 9.57. The van der Waals surface area contributed by atoms with Crippen molar-refractivity contribution in [1.29, 1.82) is 0 Å². The Labute approximate surface area is 226 Å². The van der Waals surface area contributed by atoms with E-state index in [9.17, 15) is 0 Å². The van der Waals surface area contributed by atoms with E-state index in [2.05, 4.69) is 24.3 Å². The van der Waals surface area contributed by atoms with Gasteiger partial charge in [-0.2, -0.15) is 0 Å². The summed E-state index contributed by atoms with van der Waals surface area (Å²) in [5, 5.41) is 0. The molecule has 0 radical (unpaired) electrons. The molecule has 1 aromatic heterocycles. The molecule has 0 atom stereocenters. The highest BCUT2D eigenvalue weighted by Gasteiger charge is 2.19. The predicted molar refractivity (Wildman–Crippen MR) is 152 cm³/mol. The van der Waals surface area contributed by atoms with Gasteiger partial charge >= 0.3 is 0 Å². The maximum Gasteiger partial charge on any atom is 0.132 e. The van der Waals surface area contributed by atoms with E-state index in [1.807, 2.05) is 54.6 Å². The number of ether oxygens (including phenoxy) is 4. The Morgan fingerprint density at radius 3 is 1.08 bits per heavy atom. The van der Waals surface area contributed by atoms with Gasteiger partial charge in [0, 0.05) is 0 Å². The second-order valence-electron chi connectivity index (χ2n) is 9.57. The van der Waals surface area contributed by atoms with E-state index in [-0.39, 0.29) is 0 Å². The number of rotatable bonds is 0. The average Bonchev–Trinajstić information content (AvgIpc) is 2.94. The van der Waals surface area contributed by atoms with Crippen molar-refractivity contribution in [3.63, 3.8) is 0 Å². The van der Waals surface area contributed by atoms with Crippen molar-refractivity contribution < 1.29 is 18.9 Å². The average molecular weight is 512 g/mol. The first-order valence-corrected chi connectivity index (χ1v) is 14.0. The summed E-state index contributed by atoms with van der Waals surface area (Å²) in [6, 6.07) is 18.1. The lowest BCUT2D eigenvalue weighted by Gasteiger charge is -2.18. The molecule has 2 aromatic carbocycles. The van der Waals surface area contributed by atoms with E-state index in [0.717, 1.165) is 96.9 Å². The summed E-state index contributed by atoms with van der Waals surface area (Å²) in [6.07, 6.45) is 16.7. The van der Waals surface area contributed by atoms with E-state index < -0.39 is 0 Å². The van der Waals surface area contributed by atoms with Gasteiger partial charge in [0.1, 0.15) is 23.0 Å². The summed E-state index contributed by atoms with van der Waals surface area (Å²) in [4.78, 5) is 5.15. The molecule has 0 saturated carbocycles. The molecule has 5 nitrogen and oxygen atoms in total. The number of hydrogen-bond donors (Lipinski definition) is 0. The first-order chi connectivity index (χ1) is 18.9. The Kier molecular flexibility index (Phi) is 9.34. The van der Waals surface area contributed by atoms with Crippen LogP contribution in [0.3, 0.4) is 0 Å². The minimum atomic E-state index is 0.634. The molecule has 0 aliphatic carbocycles. The molecule has 2 aliphatic rings. The highest BCUT2D eigenvalue weighted by Crippen LogP contribution is 2.42. The number of pyridine rings is 1. The minimum absolute atomic E-state index is 0.634. The molecule has 0 saturated heterocycles. The quantitative estimate of drug-likeness (QED) is 0.285. The molecule has 3 aromatic rings. The van der Waals surface area contributed by atoms with Crippen LogP contribution in [0, 0.1) is 0 Å². The zero-order chi connectivity index (χ0) is 25.8. The van der Waals surface area contributed by atoms with Crippen molar-refractivity contribution in [2.24, 2.45) is 0 Å². The van der Waals surface area contributed by atoms with Gasteiger partial charge in [-0.3, -0.25) is 0 Å². The molecule has 3 heterocycles. The standard InChI is InChI=1S/C33H37NO4/c1-2-6-10-23-36-29-19-15-21-31-33(29)27-17-13-16-26(34-27)32-28(35-22-9-5-1)18-14-20-30(32)37-24-11-7-3-4-8-12-25-38-31/h1-4,13-21H,5-12,22-25H2/b2-1-,4-3-. The van der Waals surface area contributed by atoms with Gasteiger partial charge in [0.2, 0.25) is 0 Å². The zero-order valence-corrected chi connectivity index (χ0v) is 22.1. The Bertz CT molecular complexity index is 1090. The maximum absolute atomic E-state index is 6.32. The molecule has 0 fully saturated rings. The van der Waals surface area contributed by atoms with Gasteiger partial charge in [-0.25, -0.2) is 4.98 Å². The van der Waals surface area contributed by atoms with Crippen LogP contribution in [0.1, 0.15) is 51.4 Å². The van der Waals surface area contributed by atoms with Crippen LogP contribution in [0.2, 0.25) is 0 Å². The van der Waals surface area contributed by atoms with E-state index in [4.69, 9.17) is 23.9 Å². The van der Waals surface area contributed by atoms with Gasteiger partial charge in [-0.15, -0.1) is 0 Å². The van der Waals surface area contributed by atoms with Crippen LogP contribution in [0.5, 0.6) is 23.0 Å². The van der Waals surface area contributed by atoms with Crippen LogP contribution in [-0.2, 0) is 0 Å². The molecule has 0 unspecified atom stereocenters. The molecule has 5 rings (SSSR count). The maximum atomic E-state index is 6.32. The molecule has 0 amide bonds. The Morgan fingerprint density at radius 2 is 0.737 bits per heavy atom. The first-order valence-electron chi connectivity index (χ1n) is 14.0. The summed E-state index contributed by atoms with van der Waals surface area (Å²) in [5.74, 6) is 3.16. The Balaban J connectivity index is 1.64. The fourth-order valence-corrected chi connectivity index (χ4v) is 4.73. The minimum Gasteiger partial charge on any atom is -0.493 e. The normalized spacial score (nSPS) is 18.5. The Hall–Kier alpha value is -3.73. The second kappa shape index (κ2) is 13.7. The van der Waals surface area contributed by atoms with E-state index >= 15 is 0 Å². The Morgan fingerprint density at radius 1 is 0.421 bits per heavy atom. The van der Waals surface area contributed by atoms with Crippen LogP contribution in [0.15, 0.2) is 78.9 Å². The number of hydrogen-bond acceptors (Lipinski definition) is 5. The number of benzene rings is 2. The molecule has 0 spiro atoms. The van der Waals surface area contributed by atoms with Gasteiger partial charge in [-0.05, 0) is 87.8 Å². The molecule has 38 heavy (non-hydrogen) atoms. The summed E-state index contributed by atoms with van der Waals surface area (Å²) >= 11 is 0. The van der Waals surface area contributed by atoms with Crippen molar-refractivity contribution in [3.05, 3.63) is 78.9 Å². The third-order valence-corrected chi connectivity index (χ3v) is 6.66. The molecule has 4 bridgehead atoms. The monoisotopic (exact) mass is 511 g/mol. The van der Waals surface area contributed by atoms with Crippen LogP contribution >= 0.6 is 0 Å². The fraction of sp³-hybridized carbons (Fsp3) is 0.364. The lowest BCUT2D eigenvalue weighted by molar-refractivity contribution is 0.297. The van der Waals surface area contributed by atoms with Crippen LogP contribution in [0.4, 0.5) is 0 Å². The van der Waals surface area contributed by atoms with Gasteiger partial charge in [0.25, 0.3) is 0 Å². The van der Waals surface area contributed by atoms with Crippen LogP contribution in [0.25, 0.3) is 22.5 Å².